The fraction of sp³-hybridized carbons (Fsp3) is 0. The highest BCUT2D eigenvalue weighted by Gasteiger charge is 2.28. The standard InChI is InChI=1S/C16H8BF5O2/c18-12-11(13(19)15(21)16(22)14(12)20)9-5-6-10(17(23)24)8-4-2-1-3-7(8)9/h1-6,23-24H. The van der Waals surface area contributed by atoms with Crippen molar-refractivity contribution in [2.45, 2.75) is 0 Å². The lowest BCUT2D eigenvalue weighted by Crippen LogP contribution is -2.30. The topological polar surface area (TPSA) is 40.5 Å². The van der Waals surface area contributed by atoms with Crippen LogP contribution in [0.1, 0.15) is 0 Å². The molecule has 2 N–H and O–H groups in total. The van der Waals surface area contributed by atoms with Crippen molar-refractivity contribution in [1.82, 2.24) is 0 Å². The van der Waals surface area contributed by atoms with Crippen LogP contribution in [0.25, 0.3) is 21.9 Å². The van der Waals surface area contributed by atoms with Gasteiger partial charge in [-0.25, -0.2) is 22.0 Å². The molecule has 2 nitrogen and oxygen atoms in total. The first-order chi connectivity index (χ1) is 11.3. The highest BCUT2D eigenvalue weighted by atomic mass is 19.2. The van der Waals surface area contributed by atoms with Crippen LogP contribution in [-0.4, -0.2) is 17.2 Å². The van der Waals surface area contributed by atoms with E-state index in [1.807, 2.05) is 0 Å². The van der Waals surface area contributed by atoms with Crippen LogP contribution in [0.5, 0.6) is 0 Å². The Hall–Kier alpha value is -2.45. The number of benzene rings is 3. The van der Waals surface area contributed by atoms with Gasteiger partial charge in [0.15, 0.2) is 23.3 Å². The Morgan fingerprint density at radius 1 is 0.625 bits per heavy atom. The summed E-state index contributed by atoms with van der Waals surface area (Å²) in [6.45, 7) is 0. The van der Waals surface area contributed by atoms with E-state index in [4.69, 9.17) is 0 Å². The van der Waals surface area contributed by atoms with Gasteiger partial charge in [-0.2, -0.15) is 0 Å². The van der Waals surface area contributed by atoms with Gasteiger partial charge in [-0.3, -0.25) is 0 Å². The predicted molar refractivity (Wildman–Crippen MR) is 79.0 cm³/mol. The zero-order valence-corrected chi connectivity index (χ0v) is 11.8. The molecule has 0 aliphatic heterocycles. The minimum atomic E-state index is -2.24. The van der Waals surface area contributed by atoms with Gasteiger partial charge in [0.25, 0.3) is 0 Å². The number of halogens is 5. The van der Waals surface area contributed by atoms with E-state index in [1.54, 1.807) is 0 Å². The van der Waals surface area contributed by atoms with E-state index in [2.05, 4.69) is 0 Å². The Bertz CT molecular complexity index is 930. The molecule has 24 heavy (non-hydrogen) atoms. The fourth-order valence-corrected chi connectivity index (χ4v) is 2.61. The molecular formula is C16H8BF5O2. The van der Waals surface area contributed by atoms with E-state index < -0.39 is 41.8 Å². The predicted octanol–water partition coefficient (Wildman–Crippen LogP) is 2.88. The van der Waals surface area contributed by atoms with Crippen molar-refractivity contribution in [3.63, 3.8) is 0 Å². The summed E-state index contributed by atoms with van der Waals surface area (Å²) >= 11 is 0. The van der Waals surface area contributed by atoms with Crippen LogP contribution in [0.2, 0.25) is 0 Å². The van der Waals surface area contributed by atoms with Crippen molar-refractivity contribution >= 4 is 23.4 Å². The van der Waals surface area contributed by atoms with Gasteiger partial charge < -0.3 is 10.0 Å². The van der Waals surface area contributed by atoms with Crippen molar-refractivity contribution in [2.24, 2.45) is 0 Å². The van der Waals surface area contributed by atoms with Crippen LogP contribution in [0, 0.1) is 29.1 Å². The Balaban J connectivity index is 2.43. The zero-order valence-electron chi connectivity index (χ0n) is 11.8. The summed E-state index contributed by atoms with van der Waals surface area (Å²) in [6, 6.07) is 8.09. The molecule has 3 rings (SSSR count). The maximum Gasteiger partial charge on any atom is 0.489 e. The van der Waals surface area contributed by atoms with Crippen molar-refractivity contribution in [3.8, 4) is 11.1 Å². The molecule has 0 saturated heterocycles. The summed E-state index contributed by atoms with van der Waals surface area (Å²) in [7, 11) is -1.86. The second-order valence-corrected chi connectivity index (χ2v) is 5.07. The quantitative estimate of drug-likeness (QED) is 0.327. The molecule has 0 amide bonds. The molecule has 0 aliphatic rings. The van der Waals surface area contributed by atoms with Crippen LogP contribution in [-0.2, 0) is 0 Å². The lowest BCUT2D eigenvalue weighted by molar-refractivity contribution is 0.381. The molecule has 0 fully saturated rings. The Morgan fingerprint density at radius 3 is 1.67 bits per heavy atom. The highest BCUT2D eigenvalue weighted by molar-refractivity contribution is 6.62. The molecule has 0 radical (unpaired) electrons. The normalized spacial score (nSPS) is 11.1. The third-order valence-corrected chi connectivity index (χ3v) is 3.72. The van der Waals surface area contributed by atoms with Crippen molar-refractivity contribution in [2.75, 3.05) is 0 Å². The zero-order chi connectivity index (χ0) is 17.6. The molecular weight excluding hydrogens is 330 g/mol. The number of hydrogen-bond donors (Lipinski definition) is 2. The van der Waals surface area contributed by atoms with Gasteiger partial charge in [-0.1, -0.05) is 36.4 Å². The Labute approximate surface area is 132 Å². The molecule has 0 bridgehead atoms. The fourth-order valence-electron chi connectivity index (χ4n) is 2.61. The first-order valence-corrected chi connectivity index (χ1v) is 6.74. The van der Waals surface area contributed by atoms with Gasteiger partial charge in [0.05, 0.1) is 5.56 Å². The van der Waals surface area contributed by atoms with E-state index in [-0.39, 0.29) is 21.8 Å². The van der Waals surface area contributed by atoms with Gasteiger partial charge in [-0.15, -0.1) is 0 Å². The van der Waals surface area contributed by atoms with Gasteiger partial charge >= 0.3 is 7.12 Å². The summed E-state index contributed by atoms with van der Waals surface area (Å²) in [6.07, 6.45) is 0. The molecule has 0 aromatic heterocycles. The lowest BCUT2D eigenvalue weighted by Gasteiger charge is -2.13. The molecule has 0 spiro atoms. The molecule has 0 aliphatic carbocycles. The highest BCUT2D eigenvalue weighted by Crippen LogP contribution is 2.35. The van der Waals surface area contributed by atoms with E-state index in [0.717, 1.165) is 12.1 Å². The number of rotatable bonds is 2. The van der Waals surface area contributed by atoms with Crippen molar-refractivity contribution < 1.29 is 32.0 Å². The monoisotopic (exact) mass is 338 g/mol. The SMILES string of the molecule is OB(O)c1ccc(-c2c(F)c(F)c(F)c(F)c2F)c2ccccc12. The Kier molecular flexibility index (Phi) is 4.02. The van der Waals surface area contributed by atoms with Crippen LogP contribution in [0.4, 0.5) is 22.0 Å². The van der Waals surface area contributed by atoms with Crippen molar-refractivity contribution in [1.29, 1.82) is 0 Å². The minimum Gasteiger partial charge on any atom is -0.423 e. The maximum absolute atomic E-state index is 14.1. The molecule has 0 heterocycles. The van der Waals surface area contributed by atoms with E-state index in [0.29, 0.717) is 0 Å². The van der Waals surface area contributed by atoms with Gasteiger partial charge in [0.1, 0.15) is 0 Å². The first-order valence-electron chi connectivity index (χ1n) is 6.74. The second kappa shape index (κ2) is 5.88. The van der Waals surface area contributed by atoms with Gasteiger partial charge in [-0.05, 0) is 21.8 Å². The largest absolute Gasteiger partial charge is 0.489 e. The molecule has 3 aromatic carbocycles. The Morgan fingerprint density at radius 2 is 1.12 bits per heavy atom. The van der Waals surface area contributed by atoms with Crippen LogP contribution >= 0.6 is 0 Å². The molecule has 0 atom stereocenters. The molecule has 0 saturated carbocycles. The lowest BCUT2D eigenvalue weighted by atomic mass is 9.76. The van der Waals surface area contributed by atoms with Crippen LogP contribution < -0.4 is 5.46 Å². The number of fused-ring (bicyclic) bond motifs is 1. The molecule has 8 heteroatoms. The molecule has 0 unspecified atom stereocenters. The van der Waals surface area contributed by atoms with Crippen molar-refractivity contribution in [3.05, 3.63) is 65.5 Å². The van der Waals surface area contributed by atoms with Crippen LogP contribution in [0.3, 0.4) is 0 Å². The second-order valence-electron chi connectivity index (χ2n) is 5.07. The van der Waals surface area contributed by atoms with E-state index >= 15 is 0 Å². The molecule has 3 aromatic rings. The minimum absolute atomic E-state index is 0.0400. The maximum atomic E-state index is 14.1. The first kappa shape index (κ1) is 16.4. The summed E-state index contributed by atoms with van der Waals surface area (Å²) in [5, 5.41) is 19.0. The molecule has 122 valence electrons. The smallest absolute Gasteiger partial charge is 0.423 e. The third kappa shape index (κ3) is 2.35. The van der Waals surface area contributed by atoms with E-state index in [9.17, 15) is 32.0 Å². The third-order valence-electron chi connectivity index (χ3n) is 3.72. The summed E-state index contributed by atoms with van der Waals surface area (Å²) in [5.74, 6) is -10.2. The van der Waals surface area contributed by atoms with Gasteiger partial charge in [0.2, 0.25) is 5.82 Å². The average Bonchev–Trinajstić information content (AvgIpc) is 2.58. The average molecular weight is 338 g/mol. The number of hydrogen-bond acceptors (Lipinski definition) is 2. The summed E-state index contributed by atoms with van der Waals surface area (Å²) in [5.41, 5.74) is -1.28. The summed E-state index contributed by atoms with van der Waals surface area (Å²) in [4.78, 5) is 0. The van der Waals surface area contributed by atoms with E-state index in [1.165, 1.54) is 24.3 Å². The summed E-state index contributed by atoms with van der Waals surface area (Å²) < 4.78 is 68.2. The van der Waals surface area contributed by atoms with Crippen LogP contribution in [0.15, 0.2) is 36.4 Å². The van der Waals surface area contributed by atoms with Gasteiger partial charge in [0, 0.05) is 0 Å².